The SMILES string of the molecule is O=C(CCCCN1CCCCC1)Nc1cc(-c2cccnc2)n[nH]1. The molecule has 3 heterocycles. The quantitative estimate of drug-likeness (QED) is 0.767. The molecule has 6 heteroatoms. The first-order valence-corrected chi connectivity index (χ1v) is 8.79. The van der Waals surface area contributed by atoms with E-state index in [9.17, 15) is 4.79 Å². The maximum absolute atomic E-state index is 12.0. The fourth-order valence-electron chi connectivity index (χ4n) is 3.06. The topological polar surface area (TPSA) is 73.9 Å². The highest BCUT2D eigenvalue weighted by atomic mass is 16.1. The second kappa shape index (κ2) is 8.59. The second-order valence-corrected chi connectivity index (χ2v) is 6.32. The summed E-state index contributed by atoms with van der Waals surface area (Å²) in [6, 6.07) is 5.64. The van der Waals surface area contributed by atoms with Crippen LogP contribution >= 0.6 is 0 Å². The molecule has 1 aliphatic rings. The largest absolute Gasteiger partial charge is 0.311 e. The van der Waals surface area contributed by atoms with E-state index >= 15 is 0 Å². The number of pyridine rings is 1. The van der Waals surface area contributed by atoms with E-state index in [1.54, 1.807) is 12.4 Å². The number of H-pyrrole nitrogens is 1. The number of hydrogen-bond acceptors (Lipinski definition) is 4. The molecule has 2 aromatic rings. The molecule has 1 saturated heterocycles. The highest BCUT2D eigenvalue weighted by Gasteiger charge is 2.10. The van der Waals surface area contributed by atoms with Gasteiger partial charge in [0.25, 0.3) is 0 Å². The van der Waals surface area contributed by atoms with Crippen LogP contribution in [0.3, 0.4) is 0 Å². The van der Waals surface area contributed by atoms with Crippen molar-refractivity contribution in [2.75, 3.05) is 25.0 Å². The van der Waals surface area contributed by atoms with Gasteiger partial charge in [-0.1, -0.05) is 6.42 Å². The highest BCUT2D eigenvalue weighted by Crippen LogP contribution is 2.18. The molecule has 2 N–H and O–H groups in total. The zero-order valence-electron chi connectivity index (χ0n) is 14.0. The number of carbonyl (C=O) groups excluding carboxylic acids is 1. The number of piperidine rings is 1. The average molecular weight is 327 g/mol. The Kier molecular flexibility index (Phi) is 5.96. The number of likely N-dealkylation sites (tertiary alicyclic amines) is 1. The van der Waals surface area contributed by atoms with Crippen molar-refractivity contribution >= 4 is 11.7 Å². The van der Waals surface area contributed by atoms with Crippen LogP contribution in [0.15, 0.2) is 30.6 Å². The zero-order valence-corrected chi connectivity index (χ0v) is 14.0. The molecule has 2 aromatic heterocycles. The Morgan fingerprint density at radius 2 is 2.12 bits per heavy atom. The summed E-state index contributed by atoms with van der Waals surface area (Å²) in [4.78, 5) is 18.6. The minimum absolute atomic E-state index is 0.0371. The van der Waals surface area contributed by atoms with Crippen LogP contribution in [-0.2, 0) is 4.79 Å². The van der Waals surface area contributed by atoms with Crippen LogP contribution in [-0.4, -0.2) is 45.6 Å². The summed E-state index contributed by atoms with van der Waals surface area (Å²) in [5.41, 5.74) is 1.71. The number of hydrogen-bond donors (Lipinski definition) is 2. The molecule has 0 aliphatic carbocycles. The number of amides is 1. The van der Waals surface area contributed by atoms with Gasteiger partial charge in [0.2, 0.25) is 5.91 Å². The Hall–Kier alpha value is -2.21. The van der Waals surface area contributed by atoms with Crippen LogP contribution in [0.5, 0.6) is 0 Å². The first kappa shape index (κ1) is 16.6. The van der Waals surface area contributed by atoms with E-state index in [-0.39, 0.29) is 5.91 Å². The fraction of sp³-hybridized carbons (Fsp3) is 0.500. The van der Waals surface area contributed by atoms with Crippen molar-refractivity contribution in [3.63, 3.8) is 0 Å². The molecular formula is C18H25N5O. The number of unbranched alkanes of at least 4 members (excludes halogenated alkanes) is 1. The molecule has 0 aromatic carbocycles. The maximum Gasteiger partial charge on any atom is 0.225 e. The van der Waals surface area contributed by atoms with Crippen LogP contribution in [0.4, 0.5) is 5.82 Å². The van der Waals surface area contributed by atoms with Crippen LogP contribution in [0.1, 0.15) is 38.5 Å². The summed E-state index contributed by atoms with van der Waals surface area (Å²) in [6.45, 7) is 3.55. The lowest BCUT2D eigenvalue weighted by Gasteiger charge is -2.26. The van der Waals surface area contributed by atoms with Gasteiger partial charge in [-0.25, -0.2) is 0 Å². The van der Waals surface area contributed by atoms with Gasteiger partial charge >= 0.3 is 0 Å². The van der Waals surface area contributed by atoms with Crippen molar-refractivity contribution in [2.24, 2.45) is 0 Å². The molecule has 0 spiro atoms. The van der Waals surface area contributed by atoms with Crippen molar-refractivity contribution in [3.05, 3.63) is 30.6 Å². The molecule has 0 unspecified atom stereocenters. The Morgan fingerprint density at radius 1 is 1.25 bits per heavy atom. The van der Waals surface area contributed by atoms with E-state index in [0.717, 1.165) is 30.6 Å². The number of aromatic amines is 1. The Bertz CT molecular complexity index is 634. The summed E-state index contributed by atoms with van der Waals surface area (Å²) in [6.07, 6.45) is 10.0. The Labute approximate surface area is 142 Å². The minimum Gasteiger partial charge on any atom is -0.311 e. The van der Waals surface area contributed by atoms with Gasteiger partial charge in [0.1, 0.15) is 5.82 Å². The predicted molar refractivity (Wildman–Crippen MR) is 94.6 cm³/mol. The molecule has 0 bridgehead atoms. The summed E-state index contributed by atoms with van der Waals surface area (Å²) in [5.74, 6) is 0.671. The lowest BCUT2D eigenvalue weighted by Crippen LogP contribution is -2.30. The zero-order chi connectivity index (χ0) is 16.6. The number of carbonyl (C=O) groups is 1. The number of nitrogens with one attached hydrogen (secondary N) is 2. The van der Waals surface area contributed by atoms with Gasteiger partial charge in [-0.05, 0) is 57.5 Å². The molecule has 24 heavy (non-hydrogen) atoms. The molecule has 0 atom stereocenters. The minimum atomic E-state index is 0.0371. The molecule has 1 amide bonds. The number of rotatable bonds is 7. The first-order chi connectivity index (χ1) is 11.8. The number of anilines is 1. The maximum atomic E-state index is 12.0. The Morgan fingerprint density at radius 3 is 2.92 bits per heavy atom. The summed E-state index contributed by atoms with van der Waals surface area (Å²) >= 11 is 0. The van der Waals surface area contributed by atoms with E-state index < -0.39 is 0 Å². The van der Waals surface area contributed by atoms with Crippen LogP contribution in [0, 0.1) is 0 Å². The van der Waals surface area contributed by atoms with E-state index in [2.05, 4.69) is 25.4 Å². The molecular weight excluding hydrogens is 302 g/mol. The van der Waals surface area contributed by atoms with Gasteiger partial charge in [-0.3, -0.25) is 14.9 Å². The van der Waals surface area contributed by atoms with Crippen LogP contribution in [0.2, 0.25) is 0 Å². The van der Waals surface area contributed by atoms with Gasteiger partial charge in [0.15, 0.2) is 0 Å². The molecule has 0 saturated carbocycles. The van der Waals surface area contributed by atoms with Gasteiger partial charge in [-0.15, -0.1) is 0 Å². The van der Waals surface area contributed by atoms with Crippen LogP contribution in [0.25, 0.3) is 11.3 Å². The average Bonchev–Trinajstić information content (AvgIpc) is 3.09. The van der Waals surface area contributed by atoms with E-state index in [0.29, 0.717) is 12.2 Å². The predicted octanol–water partition coefficient (Wildman–Crippen LogP) is 3.07. The van der Waals surface area contributed by atoms with Gasteiger partial charge in [-0.2, -0.15) is 5.10 Å². The summed E-state index contributed by atoms with van der Waals surface area (Å²) < 4.78 is 0. The molecule has 0 radical (unpaired) electrons. The van der Waals surface area contributed by atoms with Gasteiger partial charge in [0, 0.05) is 30.4 Å². The molecule has 3 rings (SSSR count). The highest BCUT2D eigenvalue weighted by molar-refractivity contribution is 5.90. The van der Waals surface area contributed by atoms with E-state index in [1.165, 1.54) is 32.4 Å². The molecule has 128 valence electrons. The normalized spacial score (nSPS) is 15.3. The monoisotopic (exact) mass is 327 g/mol. The van der Waals surface area contributed by atoms with Gasteiger partial charge in [0.05, 0.1) is 5.69 Å². The van der Waals surface area contributed by atoms with Crippen molar-refractivity contribution in [2.45, 2.75) is 38.5 Å². The first-order valence-electron chi connectivity index (χ1n) is 8.79. The number of nitrogens with zero attached hydrogens (tertiary/aromatic N) is 3. The van der Waals surface area contributed by atoms with Crippen molar-refractivity contribution in [1.82, 2.24) is 20.1 Å². The van der Waals surface area contributed by atoms with Gasteiger partial charge < -0.3 is 10.2 Å². The third-order valence-electron chi connectivity index (χ3n) is 4.39. The standard InChI is InChI=1S/C18H25N5O/c24-18(8-2-5-12-23-10-3-1-4-11-23)20-17-13-16(21-22-17)15-7-6-9-19-14-15/h6-7,9,13-14H,1-5,8,10-12H2,(H2,20,21,22,24). The lowest BCUT2D eigenvalue weighted by molar-refractivity contribution is -0.116. The van der Waals surface area contributed by atoms with Crippen molar-refractivity contribution < 1.29 is 4.79 Å². The summed E-state index contributed by atoms with van der Waals surface area (Å²) in [5, 5.41) is 9.95. The second-order valence-electron chi connectivity index (χ2n) is 6.32. The fourth-order valence-corrected chi connectivity index (χ4v) is 3.06. The molecule has 1 aliphatic heterocycles. The lowest BCUT2D eigenvalue weighted by atomic mass is 10.1. The van der Waals surface area contributed by atoms with Crippen molar-refractivity contribution in [1.29, 1.82) is 0 Å². The Balaban J connectivity index is 1.38. The summed E-state index contributed by atoms with van der Waals surface area (Å²) in [7, 11) is 0. The molecule has 1 fully saturated rings. The third kappa shape index (κ3) is 4.89. The smallest absolute Gasteiger partial charge is 0.225 e. The van der Waals surface area contributed by atoms with Crippen molar-refractivity contribution in [3.8, 4) is 11.3 Å². The van der Waals surface area contributed by atoms with E-state index in [4.69, 9.17) is 0 Å². The van der Waals surface area contributed by atoms with E-state index in [1.807, 2.05) is 18.2 Å². The third-order valence-corrected chi connectivity index (χ3v) is 4.39. The van der Waals surface area contributed by atoms with Crippen LogP contribution < -0.4 is 5.32 Å². The molecule has 6 nitrogen and oxygen atoms in total. The number of aromatic nitrogens is 3.